The smallest absolute Gasteiger partial charge is 0.207 e. The Hall–Kier alpha value is -1.71. The second-order valence-corrected chi connectivity index (χ2v) is 5.40. The zero-order valence-corrected chi connectivity index (χ0v) is 11.6. The second kappa shape index (κ2) is 4.88. The van der Waals surface area contributed by atoms with Gasteiger partial charge in [-0.3, -0.25) is 4.79 Å². The van der Waals surface area contributed by atoms with E-state index in [2.05, 4.69) is 5.32 Å². The third-order valence-electron chi connectivity index (χ3n) is 3.88. The summed E-state index contributed by atoms with van der Waals surface area (Å²) >= 11 is 0. The van der Waals surface area contributed by atoms with Gasteiger partial charge in [0.25, 0.3) is 0 Å². The molecular weight excluding hydrogens is 230 g/mol. The highest BCUT2D eigenvalue weighted by Crippen LogP contribution is 2.38. The zero-order valence-electron chi connectivity index (χ0n) is 11.6. The molecule has 4 nitrogen and oxygen atoms in total. The molecule has 1 rings (SSSR count). The van der Waals surface area contributed by atoms with Crippen LogP contribution in [-0.4, -0.2) is 24.2 Å². The van der Waals surface area contributed by atoms with Crippen LogP contribution in [-0.2, 0) is 10.2 Å². The van der Waals surface area contributed by atoms with Gasteiger partial charge in [0.15, 0.2) is 11.5 Å². The zero-order chi connectivity index (χ0) is 14.0. The van der Waals surface area contributed by atoms with Gasteiger partial charge in [0.2, 0.25) is 6.41 Å². The van der Waals surface area contributed by atoms with Gasteiger partial charge in [0, 0.05) is 11.0 Å². The summed E-state index contributed by atoms with van der Waals surface area (Å²) in [6, 6.07) is 5.24. The maximum atomic E-state index is 10.7. The standard InChI is InChI=1S/C14H21NO3/c1-13(2,14(3,4)15-9-16)10-6-7-11(17)12(8-10)18-5/h6-9,17H,1-5H3,(H,15,16). The van der Waals surface area contributed by atoms with Gasteiger partial charge >= 0.3 is 0 Å². The lowest BCUT2D eigenvalue weighted by atomic mass is 9.69. The number of hydrogen-bond acceptors (Lipinski definition) is 3. The molecule has 100 valence electrons. The number of nitrogens with one attached hydrogen (secondary N) is 1. The van der Waals surface area contributed by atoms with Crippen molar-refractivity contribution in [3.63, 3.8) is 0 Å². The number of rotatable bonds is 5. The van der Waals surface area contributed by atoms with Crippen LogP contribution in [0.3, 0.4) is 0 Å². The topological polar surface area (TPSA) is 58.6 Å². The quantitative estimate of drug-likeness (QED) is 0.789. The summed E-state index contributed by atoms with van der Waals surface area (Å²) in [6.07, 6.45) is 0.708. The number of ether oxygens (including phenoxy) is 1. The van der Waals surface area contributed by atoms with Gasteiger partial charge in [0.1, 0.15) is 0 Å². The first-order chi connectivity index (χ1) is 8.26. The Kier molecular flexibility index (Phi) is 3.89. The molecule has 0 aliphatic heterocycles. The number of phenolic OH excluding ortho intramolecular Hbond substituents is 1. The van der Waals surface area contributed by atoms with Crippen molar-refractivity contribution in [3.8, 4) is 11.5 Å². The average Bonchev–Trinajstić information content (AvgIpc) is 2.29. The summed E-state index contributed by atoms with van der Waals surface area (Å²) in [5.41, 5.74) is 0.252. The van der Waals surface area contributed by atoms with Crippen molar-refractivity contribution < 1.29 is 14.6 Å². The van der Waals surface area contributed by atoms with Gasteiger partial charge in [-0.2, -0.15) is 0 Å². The fourth-order valence-electron chi connectivity index (χ4n) is 1.75. The Morgan fingerprint density at radius 2 is 1.89 bits per heavy atom. The molecule has 0 saturated carbocycles. The number of benzene rings is 1. The van der Waals surface area contributed by atoms with Crippen LogP contribution in [0.15, 0.2) is 18.2 Å². The molecule has 0 fully saturated rings. The van der Waals surface area contributed by atoms with Crippen molar-refractivity contribution >= 4 is 6.41 Å². The lowest BCUT2D eigenvalue weighted by Gasteiger charge is -2.41. The Balaban J connectivity index is 3.23. The Labute approximate surface area is 108 Å². The maximum absolute atomic E-state index is 10.7. The SMILES string of the molecule is COc1cc(C(C)(C)C(C)(C)NC=O)ccc1O. The number of methoxy groups -OCH3 is 1. The summed E-state index contributed by atoms with van der Waals surface area (Å²) in [5.74, 6) is 0.542. The molecule has 0 unspecified atom stereocenters. The first-order valence-electron chi connectivity index (χ1n) is 5.85. The van der Waals surface area contributed by atoms with E-state index in [4.69, 9.17) is 4.74 Å². The molecule has 0 heterocycles. The minimum atomic E-state index is -0.420. The fourth-order valence-corrected chi connectivity index (χ4v) is 1.75. The molecule has 1 amide bonds. The monoisotopic (exact) mass is 251 g/mol. The van der Waals surface area contributed by atoms with Crippen molar-refractivity contribution in [2.24, 2.45) is 0 Å². The Morgan fingerprint density at radius 1 is 1.28 bits per heavy atom. The number of carbonyl (C=O) groups is 1. The molecule has 0 atom stereocenters. The third kappa shape index (κ3) is 2.42. The van der Waals surface area contributed by atoms with Crippen LogP contribution in [0.25, 0.3) is 0 Å². The molecule has 0 bridgehead atoms. The lowest BCUT2D eigenvalue weighted by Crippen LogP contribution is -2.53. The number of amides is 1. The van der Waals surface area contributed by atoms with Crippen molar-refractivity contribution in [2.75, 3.05) is 7.11 Å². The van der Waals surface area contributed by atoms with Gasteiger partial charge in [-0.1, -0.05) is 19.9 Å². The van der Waals surface area contributed by atoms with E-state index >= 15 is 0 Å². The van der Waals surface area contributed by atoms with Crippen molar-refractivity contribution in [1.29, 1.82) is 0 Å². The van der Waals surface area contributed by atoms with E-state index in [0.717, 1.165) is 5.56 Å². The molecule has 18 heavy (non-hydrogen) atoms. The van der Waals surface area contributed by atoms with Crippen molar-refractivity contribution in [2.45, 2.75) is 38.6 Å². The largest absolute Gasteiger partial charge is 0.504 e. The van der Waals surface area contributed by atoms with Crippen molar-refractivity contribution in [1.82, 2.24) is 5.32 Å². The number of carbonyl (C=O) groups excluding carboxylic acids is 1. The second-order valence-electron chi connectivity index (χ2n) is 5.40. The predicted octanol–water partition coefficient (Wildman–Crippen LogP) is 2.20. The van der Waals surface area contributed by atoms with Gasteiger partial charge in [-0.25, -0.2) is 0 Å². The van der Waals surface area contributed by atoms with E-state index in [1.54, 1.807) is 12.1 Å². The molecule has 0 radical (unpaired) electrons. The molecule has 0 saturated heterocycles. The predicted molar refractivity (Wildman–Crippen MR) is 71.0 cm³/mol. The van der Waals surface area contributed by atoms with E-state index in [0.29, 0.717) is 12.2 Å². The Morgan fingerprint density at radius 3 is 2.39 bits per heavy atom. The highest BCUT2D eigenvalue weighted by molar-refractivity contribution is 5.50. The number of phenols is 1. The first-order valence-corrected chi connectivity index (χ1v) is 5.85. The summed E-state index contributed by atoms with van der Waals surface area (Å²) in [6.45, 7) is 7.99. The summed E-state index contributed by atoms with van der Waals surface area (Å²) in [4.78, 5) is 10.7. The number of aromatic hydroxyl groups is 1. The normalized spacial score (nSPS) is 12.1. The van der Waals surface area contributed by atoms with Crippen LogP contribution < -0.4 is 10.1 Å². The maximum Gasteiger partial charge on any atom is 0.207 e. The molecule has 2 N–H and O–H groups in total. The number of hydrogen-bond donors (Lipinski definition) is 2. The van der Waals surface area contributed by atoms with Crippen molar-refractivity contribution in [3.05, 3.63) is 23.8 Å². The molecule has 0 aliphatic rings. The van der Waals surface area contributed by atoms with Crippen LogP contribution >= 0.6 is 0 Å². The minimum Gasteiger partial charge on any atom is -0.504 e. The third-order valence-corrected chi connectivity index (χ3v) is 3.88. The minimum absolute atomic E-state index is 0.109. The summed E-state index contributed by atoms with van der Waals surface area (Å²) < 4.78 is 5.11. The van der Waals surface area contributed by atoms with E-state index in [1.165, 1.54) is 7.11 Å². The molecule has 1 aromatic carbocycles. The van der Waals surface area contributed by atoms with Crippen LogP contribution in [0, 0.1) is 0 Å². The highest BCUT2D eigenvalue weighted by Gasteiger charge is 2.38. The molecule has 4 heteroatoms. The molecular formula is C14H21NO3. The van der Waals surface area contributed by atoms with E-state index in [-0.39, 0.29) is 11.2 Å². The molecule has 1 aromatic rings. The van der Waals surface area contributed by atoms with Crippen LogP contribution in [0.5, 0.6) is 11.5 Å². The molecule has 0 aliphatic carbocycles. The van der Waals surface area contributed by atoms with Crippen LogP contribution in [0.1, 0.15) is 33.3 Å². The summed E-state index contributed by atoms with van der Waals surface area (Å²) in [5, 5.41) is 12.4. The average molecular weight is 251 g/mol. The lowest BCUT2D eigenvalue weighted by molar-refractivity contribution is -0.111. The van der Waals surface area contributed by atoms with Gasteiger partial charge < -0.3 is 15.2 Å². The summed E-state index contributed by atoms with van der Waals surface area (Å²) in [7, 11) is 1.51. The Bertz CT molecular complexity index is 439. The first kappa shape index (κ1) is 14.4. The van der Waals surface area contributed by atoms with Crippen LogP contribution in [0.2, 0.25) is 0 Å². The van der Waals surface area contributed by atoms with E-state index in [9.17, 15) is 9.90 Å². The molecule has 0 aromatic heterocycles. The van der Waals surface area contributed by atoms with Crippen LogP contribution in [0.4, 0.5) is 0 Å². The van der Waals surface area contributed by atoms with E-state index in [1.807, 2.05) is 33.8 Å². The van der Waals surface area contributed by atoms with Gasteiger partial charge in [-0.05, 0) is 31.5 Å². The van der Waals surface area contributed by atoms with E-state index < -0.39 is 5.54 Å². The molecule has 0 spiro atoms. The highest BCUT2D eigenvalue weighted by atomic mass is 16.5. The fraction of sp³-hybridized carbons (Fsp3) is 0.500. The van der Waals surface area contributed by atoms with Gasteiger partial charge in [-0.15, -0.1) is 0 Å². The van der Waals surface area contributed by atoms with Gasteiger partial charge in [0.05, 0.1) is 7.11 Å².